The van der Waals surface area contributed by atoms with E-state index in [1.54, 1.807) is 7.11 Å². The zero-order valence-electron chi connectivity index (χ0n) is 16.8. The van der Waals surface area contributed by atoms with Crippen molar-refractivity contribution < 1.29 is 14.3 Å². The van der Waals surface area contributed by atoms with Gasteiger partial charge in [0.1, 0.15) is 5.75 Å². The third-order valence-corrected chi connectivity index (χ3v) is 5.83. The maximum absolute atomic E-state index is 12.4. The largest absolute Gasteiger partial charge is 0.497 e. The second-order valence-electron chi connectivity index (χ2n) is 6.98. The third kappa shape index (κ3) is 5.01. The molecular formula is C22H24N4O3S. The van der Waals surface area contributed by atoms with E-state index in [1.165, 1.54) is 11.8 Å². The Labute approximate surface area is 179 Å². The lowest BCUT2D eigenvalue weighted by atomic mass is 10.2. The summed E-state index contributed by atoms with van der Waals surface area (Å²) in [5, 5.41) is 12.4. The van der Waals surface area contributed by atoms with Gasteiger partial charge in [-0.3, -0.25) is 9.36 Å². The molecule has 30 heavy (non-hydrogen) atoms. The van der Waals surface area contributed by atoms with Crippen LogP contribution in [0.1, 0.15) is 12.8 Å². The van der Waals surface area contributed by atoms with Crippen LogP contribution in [-0.2, 0) is 16.1 Å². The van der Waals surface area contributed by atoms with Gasteiger partial charge in [-0.15, -0.1) is 10.2 Å². The molecule has 0 radical (unpaired) electrons. The van der Waals surface area contributed by atoms with Crippen molar-refractivity contribution in [1.82, 2.24) is 14.8 Å². The van der Waals surface area contributed by atoms with Gasteiger partial charge in [0.05, 0.1) is 25.5 Å². The molecule has 4 rings (SSSR count). The summed E-state index contributed by atoms with van der Waals surface area (Å²) >= 11 is 1.38. The number of rotatable bonds is 8. The fourth-order valence-corrected chi connectivity index (χ4v) is 4.10. The Morgan fingerprint density at radius 3 is 2.70 bits per heavy atom. The van der Waals surface area contributed by atoms with Gasteiger partial charge in [0.25, 0.3) is 0 Å². The molecule has 1 N–H and O–H groups in total. The Balaban J connectivity index is 1.51. The average molecular weight is 425 g/mol. The van der Waals surface area contributed by atoms with E-state index in [-0.39, 0.29) is 17.8 Å². The number of aromatic nitrogens is 3. The normalized spacial score (nSPS) is 15.8. The van der Waals surface area contributed by atoms with E-state index in [0.717, 1.165) is 42.3 Å². The van der Waals surface area contributed by atoms with Crippen LogP contribution in [0.3, 0.4) is 0 Å². The second-order valence-corrected chi connectivity index (χ2v) is 7.93. The van der Waals surface area contributed by atoms with Crippen LogP contribution in [0.2, 0.25) is 0 Å². The Hall–Kier alpha value is -2.84. The maximum Gasteiger partial charge on any atom is 0.234 e. The fourth-order valence-electron chi connectivity index (χ4n) is 3.35. The van der Waals surface area contributed by atoms with Crippen LogP contribution in [0.25, 0.3) is 11.4 Å². The minimum absolute atomic E-state index is 0.0798. The molecule has 0 aliphatic carbocycles. The Kier molecular flexibility index (Phi) is 6.66. The van der Waals surface area contributed by atoms with E-state index in [0.29, 0.717) is 11.7 Å². The topological polar surface area (TPSA) is 78.3 Å². The molecule has 3 aromatic rings. The molecule has 1 atom stereocenters. The zero-order chi connectivity index (χ0) is 20.8. The first-order valence-electron chi connectivity index (χ1n) is 9.90. The van der Waals surface area contributed by atoms with Gasteiger partial charge in [0.2, 0.25) is 5.91 Å². The average Bonchev–Trinajstić information content (AvgIpc) is 3.43. The Morgan fingerprint density at radius 1 is 1.20 bits per heavy atom. The molecule has 2 aromatic carbocycles. The quantitative estimate of drug-likeness (QED) is 0.553. The van der Waals surface area contributed by atoms with Crippen LogP contribution in [-0.4, -0.2) is 46.2 Å². The van der Waals surface area contributed by atoms with Crippen LogP contribution in [0, 0.1) is 0 Å². The van der Waals surface area contributed by atoms with Crippen molar-refractivity contribution in [3.8, 4) is 17.1 Å². The summed E-state index contributed by atoms with van der Waals surface area (Å²) < 4.78 is 13.1. The first-order valence-corrected chi connectivity index (χ1v) is 10.9. The van der Waals surface area contributed by atoms with E-state index in [1.807, 2.05) is 54.6 Å². The van der Waals surface area contributed by atoms with E-state index in [2.05, 4.69) is 20.1 Å². The second kappa shape index (κ2) is 9.77. The SMILES string of the molecule is COc1ccc(-c2nnc(SCC(=O)Nc3ccccc3)n2CC2CCCO2)cc1. The highest BCUT2D eigenvalue weighted by molar-refractivity contribution is 7.99. The number of nitrogens with zero attached hydrogens (tertiary/aromatic N) is 3. The molecule has 1 unspecified atom stereocenters. The molecule has 1 aromatic heterocycles. The molecule has 1 saturated heterocycles. The molecule has 1 aliphatic heterocycles. The molecule has 7 nitrogen and oxygen atoms in total. The van der Waals surface area contributed by atoms with E-state index in [9.17, 15) is 4.79 Å². The van der Waals surface area contributed by atoms with Gasteiger partial charge in [-0.1, -0.05) is 30.0 Å². The summed E-state index contributed by atoms with van der Waals surface area (Å²) in [7, 11) is 1.64. The summed E-state index contributed by atoms with van der Waals surface area (Å²) in [6.07, 6.45) is 2.21. The number of nitrogens with one attached hydrogen (secondary N) is 1. The number of hydrogen-bond acceptors (Lipinski definition) is 6. The van der Waals surface area contributed by atoms with Crippen molar-refractivity contribution in [3.63, 3.8) is 0 Å². The summed E-state index contributed by atoms with van der Waals surface area (Å²) in [5.41, 5.74) is 1.73. The third-order valence-electron chi connectivity index (χ3n) is 4.87. The monoisotopic (exact) mass is 424 g/mol. The number of carbonyl (C=O) groups excluding carboxylic acids is 1. The molecule has 0 bridgehead atoms. The van der Waals surface area contributed by atoms with Gasteiger partial charge in [-0.2, -0.15) is 0 Å². The molecule has 2 heterocycles. The van der Waals surface area contributed by atoms with Crippen LogP contribution < -0.4 is 10.1 Å². The minimum atomic E-state index is -0.0798. The van der Waals surface area contributed by atoms with Crippen molar-refractivity contribution in [1.29, 1.82) is 0 Å². The predicted octanol–water partition coefficient (Wildman–Crippen LogP) is 3.86. The van der Waals surface area contributed by atoms with Crippen molar-refractivity contribution in [3.05, 3.63) is 54.6 Å². The number of methoxy groups -OCH3 is 1. The molecular weight excluding hydrogens is 400 g/mol. The predicted molar refractivity (Wildman–Crippen MR) is 117 cm³/mol. The lowest BCUT2D eigenvalue weighted by molar-refractivity contribution is -0.113. The Bertz CT molecular complexity index is 970. The van der Waals surface area contributed by atoms with Crippen molar-refractivity contribution in [2.75, 3.05) is 24.8 Å². The number of para-hydroxylation sites is 1. The van der Waals surface area contributed by atoms with E-state index >= 15 is 0 Å². The smallest absolute Gasteiger partial charge is 0.234 e. The van der Waals surface area contributed by atoms with Gasteiger partial charge in [0.15, 0.2) is 11.0 Å². The number of carbonyl (C=O) groups is 1. The van der Waals surface area contributed by atoms with Gasteiger partial charge in [-0.05, 0) is 49.2 Å². The molecule has 0 saturated carbocycles. The minimum Gasteiger partial charge on any atom is -0.497 e. The van der Waals surface area contributed by atoms with E-state index in [4.69, 9.17) is 9.47 Å². The molecule has 0 spiro atoms. The molecule has 8 heteroatoms. The molecule has 156 valence electrons. The highest BCUT2D eigenvalue weighted by Crippen LogP contribution is 2.27. The van der Waals surface area contributed by atoms with Crippen LogP contribution in [0.4, 0.5) is 5.69 Å². The van der Waals surface area contributed by atoms with Crippen LogP contribution in [0.15, 0.2) is 59.8 Å². The van der Waals surface area contributed by atoms with Gasteiger partial charge >= 0.3 is 0 Å². The van der Waals surface area contributed by atoms with Crippen LogP contribution >= 0.6 is 11.8 Å². The molecule has 1 fully saturated rings. The summed E-state index contributed by atoms with van der Waals surface area (Å²) in [5.74, 6) is 1.72. The fraction of sp³-hybridized carbons (Fsp3) is 0.318. The van der Waals surface area contributed by atoms with Gasteiger partial charge < -0.3 is 14.8 Å². The number of thioether (sulfide) groups is 1. The van der Waals surface area contributed by atoms with Crippen LogP contribution in [0.5, 0.6) is 5.75 Å². The highest BCUT2D eigenvalue weighted by atomic mass is 32.2. The number of hydrogen-bond donors (Lipinski definition) is 1. The summed E-state index contributed by atoms with van der Waals surface area (Å²) in [6, 6.07) is 17.2. The Morgan fingerprint density at radius 2 is 2.00 bits per heavy atom. The van der Waals surface area contributed by atoms with Crippen molar-refractivity contribution in [2.45, 2.75) is 30.6 Å². The molecule has 1 amide bonds. The summed E-state index contributed by atoms with van der Waals surface area (Å²) in [6.45, 7) is 1.45. The number of amides is 1. The first kappa shape index (κ1) is 20.4. The van der Waals surface area contributed by atoms with Crippen molar-refractivity contribution >= 4 is 23.4 Å². The number of benzene rings is 2. The first-order chi connectivity index (χ1) is 14.7. The van der Waals surface area contributed by atoms with Gasteiger partial charge in [-0.25, -0.2) is 0 Å². The van der Waals surface area contributed by atoms with E-state index < -0.39 is 0 Å². The maximum atomic E-state index is 12.4. The van der Waals surface area contributed by atoms with Gasteiger partial charge in [0, 0.05) is 17.9 Å². The lowest BCUT2D eigenvalue weighted by Gasteiger charge is -2.15. The highest BCUT2D eigenvalue weighted by Gasteiger charge is 2.22. The summed E-state index contributed by atoms with van der Waals surface area (Å²) in [4.78, 5) is 12.4. The standard InChI is InChI=1S/C22H24N4O3S/c1-28-18-11-9-16(10-12-18)21-24-25-22(26(21)14-19-8-5-13-29-19)30-15-20(27)23-17-6-3-2-4-7-17/h2-4,6-7,9-12,19H,5,8,13-15H2,1H3,(H,23,27). The molecule has 1 aliphatic rings. The zero-order valence-corrected chi connectivity index (χ0v) is 17.6. The number of anilines is 1. The van der Waals surface area contributed by atoms with Crippen molar-refractivity contribution in [2.24, 2.45) is 0 Å². The number of ether oxygens (including phenoxy) is 2. The lowest BCUT2D eigenvalue weighted by Crippen LogP contribution is -2.18.